The summed E-state index contributed by atoms with van der Waals surface area (Å²) < 4.78 is 10.3. The number of carbonyl (C=O) groups is 2. The maximum absolute atomic E-state index is 13.0. The standard InChI is InChI=1S/C21H18N2O5/c1-3-13-6-8-14(9-7-13)18-17(19(24)15-5-4-10-27-15)20(25)21(26)23(18)16-11-12(2)28-22-16/h4-11,18,25H,3H2,1-2H3/t18-/m1/s1. The summed E-state index contributed by atoms with van der Waals surface area (Å²) in [5.41, 5.74) is 1.74. The van der Waals surface area contributed by atoms with E-state index in [2.05, 4.69) is 5.16 Å². The number of Topliss-reactive ketones (excluding diaryl/α,β-unsaturated/α-hetero) is 1. The lowest BCUT2D eigenvalue weighted by molar-refractivity contribution is -0.117. The fourth-order valence-corrected chi connectivity index (χ4v) is 3.33. The second kappa shape index (κ2) is 6.84. The van der Waals surface area contributed by atoms with E-state index < -0.39 is 23.5 Å². The summed E-state index contributed by atoms with van der Waals surface area (Å²) in [6.45, 7) is 3.74. The number of aryl methyl sites for hydroxylation is 2. The fraction of sp³-hybridized carbons (Fsp3) is 0.190. The zero-order chi connectivity index (χ0) is 19.8. The van der Waals surface area contributed by atoms with Crippen molar-refractivity contribution in [1.29, 1.82) is 0 Å². The molecule has 7 nitrogen and oxygen atoms in total. The number of hydrogen-bond acceptors (Lipinski definition) is 6. The molecule has 3 heterocycles. The van der Waals surface area contributed by atoms with E-state index in [4.69, 9.17) is 8.94 Å². The minimum Gasteiger partial charge on any atom is -0.503 e. The van der Waals surface area contributed by atoms with Gasteiger partial charge in [0.05, 0.1) is 17.9 Å². The lowest BCUT2D eigenvalue weighted by atomic mass is 9.94. The molecule has 1 atom stereocenters. The molecule has 3 aromatic rings. The van der Waals surface area contributed by atoms with Crippen LogP contribution in [0.2, 0.25) is 0 Å². The van der Waals surface area contributed by atoms with Gasteiger partial charge >= 0.3 is 0 Å². The summed E-state index contributed by atoms with van der Waals surface area (Å²) in [5, 5.41) is 14.5. The maximum Gasteiger partial charge on any atom is 0.295 e. The van der Waals surface area contributed by atoms with Crippen LogP contribution in [0.15, 0.2) is 69.0 Å². The van der Waals surface area contributed by atoms with Crippen LogP contribution in [0.4, 0.5) is 5.82 Å². The number of amides is 1. The number of carbonyl (C=O) groups excluding carboxylic acids is 2. The zero-order valence-electron chi connectivity index (χ0n) is 15.4. The Hall–Kier alpha value is -3.61. The Morgan fingerprint density at radius 1 is 1.25 bits per heavy atom. The number of rotatable bonds is 5. The van der Waals surface area contributed by atoms with Crippen molar-refractivity contribution in [3.8, 4) is 0 Å². The molecule has 0 unspecified atom stereocenters. The summed E-state index contributed by atoms with van der Waals surface area (Å²) in [6.07, 6.45) is 2.22. The van der Waals surface area contributed by atoms with Gasteiger partial charge in [-0.05, 0) is 36.6 Å². The minimum absolute atomic E-state index is 0.0442. The van der Waals surface area contributed by atoms with Crippen molar-refractivity contribution >= 4 is 17.5 Å². The molecule has 0 radical (unpaired) electrons. The second-order valence-electron chi connectivity index (χ2n) is 6.54. The van der Waals surface area contributed by atoms with E-state index in [1.807, 2.05) is 31.2 Å². The Morgan fingerprint density at radius 2 is 2.00 bits per heavy atom. The summed E-state index contributed by atoms with van der Waals surface area (Å²) in [4.78, 5) is 27.1. The van der Waals surface area contributed by atoms with Crippen molar-refractivity contribution in [3.63, 3.8) is 0 Å². The van der Waals surface area contributed by atoms with Crippen LogP contribution >= 0.6 is 0 Å². The van der Waals surface area contributed by atoms with Crippen LogP contribution in [-0.4, -0.2) is 22.0 Å². The van der Waals surface area contributed by atoms with Crippen LogP contribution in [0.5, 0.6) is 0 Å². The van der Waals surface area contributed by atoms with Crippen LogP contribution in [0.3, 0.4) is 0 Å². The number of aromatic nitrogens is 1. The van der Waals surface area contributed by atoms with Gasteiger partial charge < -0.3 is 14.0 Å². The highest BCUT2D eigenvalue weighted by atomic mass is 16.5. The molecule has 1 aliphatic heterocycles. The molecule has 0 saturated heterocycles. The van der Waals surface area contributed by atoms with Crippen LogP contribution in [0.1, 0.15) is 40.4 Å². The van der Waals surface area contributed by atoms with Crippen molar-refractivity contribution in [2.75, 3.05) is 4.90 Å². The molecule has 1 aliphatic rings. The van der Waals surface area contributed by atoms with E-state index in [9.17, 15) is 14.7 Å². The van der Waals surface area contributed by atoms with Crippen LogP contribution in [0.25, 0.3) is 0 Å². The Balaban J connectivity index is 1.86. The van der Waals surface area contributed by atoms with E-state index in [1.54, 1.807) is 19.1 Å². The van der Waals surface area contributed by atoms with Crippen LogP contribution in [0, 0.1) is 6.92 Å². The highest BCUT2D eigenvalue weighted by molar-refractivity contribution is 6.19. The molecule has 1 N–H and O–H groups in total. The topological polar surface area (TPSA) is 96.8 Å². The van der Waals surface area contributed by atoms with Gasteiger partial charge in [-0.25, -0.2) is 0 Å². The number of furan rings is 1. The predicted octanol–water partition coefficient (Wildman–Crippen LogP) is 3.92. The number of aliphatic hydroxyl groups is 1. The van der Waals surface area contributed by atoms with Crippen molar-refractivity contribution in [2.45, 2.75) is 26.3 Å². The van der Waals surface area contributed by atoms with Gasteiger partial charge in [0.1, 0.15) is 5.76 Å². The van der Waals surface area contributed by atoms with Crippen molar-refractivity contribution in [3.05, 3.63) is 82.7 Å². The van der Waals surface area contributed by atoms with Gasteiger partial charge in [0.2, 0.25) is 5.78 Å². The highest BCUT2D eigenvalue weighted by Crippen LogP contribution is 2.41. The molecular weight excluding hydrogens is 360 g/mol. The molecule has 0 saturated carbocycles. The first kappa shape index (κ1) is 17.8. The number of benzene rings is 1. The number of ketones is 1. The molecule has 142 valence electrons. The first-order chi connectivity index (χ1) is 13.5. The van der Waals surface area contributed by atoms with Crippen LogP contribution in [-0.2, 0) is 11.2 Å². The molecule has 1 amide bonds. The molecular formula is C21H18N2O5. The zero-order valence-corrected chi connectivity index (χ0v) is 15.4. The summed E-state index contributed by atoms with van der Waals surface area (Å²) in [6, 6.07) is 11.3. The van der Waals surface area contributed by atoms with Crippen molar-refractivity contribution < 1.29 is 23.6 Å². The van der Waals surface area contributed by atoms with E-state index >= 15 is 0 Å². The molecule has 1 aromatic carbocycles. The van der Waals surface area contributed by atoms with E-state index in [-0.39, 0.29) is 17.2 Å². The summed E-state index contributed by atoms with van der Waals surface area (Å²) in [7, 11) is 0. The van der Waals surface area contributed by atoms with Gasteiger partial charge in [0.15, 0.2) is 17.3 Å². The van der Waals surface area contributed by atoms with E-state index in [0.29, 0.717) is 11.3 Å². The molecule has 0 aliphatic carbocycles. The summed E-state index contributed by atoms with van der Waals surface area (Å²) in [5.74, 6) is -1.11. The third-order valence-electron chi connectivity index (χ3n) is 4.76. The fourth-order valence-electron chi connectivity index (χ4n) is 3.33. The number of hydrogen-bond donors (Lipinski definition) is 1. The van der Waals surface area contributed by atoms with Crippen LogP contribution < -0.4 is 4.90 Å². The molecule has 2 aromatic heterocycles. The largest absolute Gasteiger partial charge is 0.503 e. The smallest absolute Gasteiger partial charge is 0.295 e. The molecule has 7 heteroatoms. The lowest BCUT2D eigenvalue weighted by Crippen LogP contribution is -2.31. The monoisotopic (exact) mass is 378 g/mol. The SMILES string of the molecule is CCc1ccc([C@@H]2C(C(=O)c3ccco3)=C(O)C(=O)N2c2cc(C)on2)cc1. The lowest BCUT2D eigenvalue weighted by Gasteiger charge is -2.24. The van der Waals surface area contributed by atoms with Gasteiger partial charge in [-0.1, -0.05) is 36.3 Å². The molecule has 4 rings (SSSR count). The first-order valence-electron chi connectivity index (χ1n) is 8.88. The minimum atomic E-state index is -0.847. The second-order valence-corrected chi connectivity index (χ2v) is 6.54. The average molecular weight is 378 g/mol. The van der Waals surface area contributed by atoms with Gasteiger partial charge in [0, 0.05) is 6.07 Å². The summed E-state index contributed by atoms with van der Waals surface area (Å²) >= 11 is 0. The molecule has 0 fully saturated rings. The quantitative estimate of drug-likeness (QED) is 0.676. The van der Waals surface area contributed by atoms with E-state index in [0.717, 1.165) is 12.0 Å². The molecule has 28 heavy (non-hydrogen) atoms. The first-order valence-corrected chi connectivity index (χ1v) is 8.88. The Labute approximate surface area is 160 Å². The third kappa shape index (κ3) is 2.81. The Morgan fingerprint density at radius 3 is 2.57 bits per heavy atom. The van der Waals surface area contributed by atoms with Crippen molar-refractivity contribution in [2.24, 2.45) is 0 Å². The molecule has 0 bridgehead atoms. The van der Waals surface area contributed by atoms with Gasteiger partial charge in [-0.3, -0.25) is 14.5 Å². The number of anilines is 1. The Bertz CT molecular complexity index is 1060. The van der Waals surface area contributed by atoms with Gasteiger partial charge in [0.25, 0.3) is 5.91 Å². The highest BCUT2D eigenvalue weighted by Gasteiger charge is 2.46. The third-order valence-corrected chi connectivity index (χ3v) is 4.76. The van der Waals surface area contributed by atoms with E-state index in [1.165, 1.54) is 17.2 Å². The number of aliphatic hydroxyl groups excluding tert-OH is 1. The number of nitrogens with zero attached hydrogens (tertiary/aromatic N) is 2. The van der Waals surface area contributed by atoms with Crippen molar-refractivity contribution in [1.82, 2.24) is 5.16 Å². The average Bonchev–Trinajstić information content (AvgIpc) is 3.43. The van der Waals surface area contributed by atoms with Gasteiger partial charge in [-0.15, -0.1) is 0 Å². The maximum atomic E-state index is 13.0. The molecule has 0 spiro atoms. The normalized spacial score (nSPS) is 16.9. The Kier molecular flexibility index (Phi) is 4.35. The van der Waals surface area contributed by atoms with Gasteiger partial charge in [-0.2, -0.15) is 0 Å². The predicted molar refractivity (Wildman–Crippen MR) is 100.0 cm³/mol.